The lowest BCUT2D eigenvalue weighted by atomic mass is 10.1. The van der Waals surface area contributed by atoms with Crippen molar-refractivity contribution in [3.63, 3.8) is 0 Å². The molecule has 0 aliphatic heterocycles. The smallest absolute Gasteiger partial charge is 0.0980 e. The summed E-state index contributed by atoms with van der Waals surface area (Å²) in [6.45, 7) is 6.73. The summed E-state index contributed by atoms with van der Waals surface area (Å²) in [4.78, 5) is 0. The first-order valence-corrected chi connectivity index (χ1v) is 2.82. The minimum Gasteiger partial charge on any atom is -0.390 e. The van der Waals surface area contributed by atoms with Gasteiger partial charge < -0.3 is 10.2 Å². The molecule has 0 aromatic rings. The van der Waals surface area contributed by atoms with Crippen LogP contribution in [0.3, 0.4) is 0 Å². The average Bonchev–Trinajstić information content (AvgIpc) is 1.87. The van der Waals surface area contributed by atoms with Gasteiger partial charge in [-0.2, -0.15) is 0 Å². The second-order valence-corrected chi connectivity index (χ2v) is 1.82. The van der Waals surface area contributed by atoms with Gasteiger partial charge in [-0.05, 0) is 6.42 Å². The van der Waals surface area contributed by atoms with Crippen molar-refractivity contribution in [1.29, 1.82) is 0 Å². The summed E-state index contributed by atoms with van der Waals surface area (Å²) in [5.74, 6) is 0. The number of aliphatic hydroxyl groups excluding tert-OH is 2. The Morgan fingerprint density at radius 3 is 2.22 bits per heavy atom. The molecule has 0 saturated heterocycles. The van der Waals surface area contributed by atoms with E-state index in [2.05, 4.69) is 13.2 Å². The maximum atomic E-state index is 8.93. The molecule has 0 heterocycles. The van der Waals surface area contributed by atoms with Crippen LogP contribution in [0.2, 0.25) is 0 Å². The maximum Gasteiger partial charge on any atom is 0.0980 e. The second-order valence-electron chi connectivity index (χ2n) is 1.82. The van der Waals surface area contributed by atoms with Crippen LogP contribution >= 0.6 is 0 Å². The third-order valence-corrected chi connectivity index (χ3v) is 1.04. The zero-order chi connectivity index (χ0) is 7.28. The molecule has 0 saturated carbocycles. The Labute approximate surface area is 55.1 Å². The molecule has 0 aliphatic rings. The van der Waals surface area contributed by atoms with Crippen LogP contribution in [-0.4, -0.2) is 22.4 Å². The Balaban J connectivity index is 3.56. The molecule has 0 aromatic carbocycles. The van der Waals surface area contributed by atoms with Gasteiger partial charge in [0, 0.05) is 0 Å². The van der Waals surface area contributed by atoms with Gasteiger partial charge in [0.15, 0.2) is 0 Å². The van der Waals surface area contributed by atoms with Crippen LogP contribution < -0.4 is 0 Å². The molecule has 9 heavy (non-hydrogen) atoms. The molecule has 0 bridgehead atoms. The Kier molecular flexibility index (Phi) is 4.01. The number of rotatable bonds is 4. The minimum atomic E-state index is -0.831. The quantitative estimate of drug-likeness (QED) is 0.540. The van der Waals surface area contributed by atoms with E-state index >= 15 is 0 Å². The fourth-order valence-corrected chi connectivity index (χ4v) is 0.467. The lowest BCUT2D eigenvalue weighted by Gasteiger charge is -2.10. The standard InChI is InChI=1S/C7H12O2/c1-3-5-7(9)6(8)4-2/h3-4,6-9H,1-2,5H2/t6-,7-/m0/s1. The molecule has 0 aromatic heterocycles. The van der Waals surface area contributed by atoms with Gasteiger partial charge in [-0.15, -0.1) is 13.2 Å². The highest BCUT2D eigenvalue weighted by Crippen LogP contribution is 1.99. The third kappa shape index (κ3) is 3.06. The van der Waals surface area contributed by atoms with E-state index in [4.69, 9.17) is 10.2 Å². The summed E-state index contributed by atoms with van der Waals surface area (Å²) in [6.07, 6.45) is 1.67. The summed E-state index contributed by atoms with van der Waals surface area (Å²) < 4.78 is 0. The predicted octanol–water partition coefficient (Wildman–Crippen LogP) is 0.470. The van der Waals surface area contributed by atoms with Gasteiger partial charge in [-0.3, -0.25) is 0 Å². The first-order valence-electron chi connectivity index (χ1n) is 2.82. The molecule has 2 heteroatoms. The van der Waals surface area contributed by atoms with Crippen LogP contribution in [0, 0.1) is 0 Å². The Morgan fingerprint density at radius 1 is 1.33 bits per heavy atom. The predicted molar refractivity (Wildman–Crippen MR) is 37.0 cm³/mol. The van der Waals surface area contributed by atoms with E-state index in [1.807, 2.05) is 0 Å². The Morgan fingerprint density at radius 2 is 1.89 bits per heavy atom. The minimum absolute atomic E-state index is 0.396. The Bertz CT molecular complexity index is 99.1. The van der Waals surface area contributed by atoms with Crippen molar-refractivity contribution < 1.29 is 10.2 Å². The van der Waals surface area contributed by atoms with Gasteiger partial charge in [-0.1, -0.05) is 12.2 Å². The van der Waals surface area contributed by atoms with E-state index in [1.54, 1.807) is 6.08 Å². The summed E-state index contributed by atoms with van der Waals surface area (Å²) >= 11 is 0. The van der Waals surface area contributed by atoms with Gasteiger partial charge in [-0.25, -0.2) is 0 Å². The molecule has 0 fully saturated rings. The highest BCUT2D eigenvalue weighted by atomic mass is 16.3. The lowest BCUT2D eigenvalue weighted by molar-refractivity contribution is 0.0514. The molecule has 0 aliphatic carbocycles. The van der Waals surface area contributed by atoms with E-state index in [0.29, 0.717) is 6.42 Å². The molecule has 52 valence electrons. The molecule has 0 rings (SSSR count). The second kappa shape index (κ2) is 4.30. The highest BCUT2D eigenvalue weighted by Gasteiger charge is 2.08. The van der Waals surface area contributed by atoms with Crippen molar-refractivity contribution in [2.24, 2.45) is 0 Å². The highest BCUT2D eigenvalue weighted by molar-refractivity contribution is 4.87. The third-order valence-electron chi connectivity index (χ3n) is 1.04. The number of hydrogen-bond acceptors (Lipinski definition) is 2. The van der Waals surface area contributed by atoms with Crippen LogP contribution in [0.25, 0.3) is 0 Å². The van der Waals surface area contributed by atoms with Crippen LogP contribution in [0.5, 0.6) is 0 Å². The first-order chi connectivity index (χ1) is 4.22. The van der Waals surface area contributed by atoms with E-state index in [9.17, 15) is 0 Å². The zero-order valence-corrected chi connectivity index (χ0v) is 5.33. The molecular weight excluding hydrogens is 116 g/mol. The fourth-order valence-electron chi connectivity index (χ4n) is 0.467. The summed E-state index contributed by atoms with van der Waals surface area (Å²) in [7, 11) is 0. The van der Waals surface area contributed by atoms with Gasteiger partial charge in [0.2, 0.25) is 0 Å². The molecule has 0 spiro atoms. The number of hydrogen-bond donors (Lipinski definition) is 2. The SMILES string of the molecule is C=CC[C@H](O)[C@@H](O)C=C. The van der Waals surface area contributed by atoms with Crippen LogP contribution in [0.15, 0.2) is 25.3 Å². The Hall–Kier alpha value is -0.600. The van der Waals surface area contributed by atoms with Gasteiger partial charge in [0.05, 0.1) is 12.2 Å². The van der Waals surface area contributed by atoms with Gasteiger partial charge >= 0.3 is 0 Å². The topological polar surface area (TPSA) is 40.5 Å². The lowest BCUT2D eigenvalue weighted by Crippen LogP contribution is -2.22. The van der Waals surface area contributed by atoms with E-state index < -0.39 is 12.2 Å². The molecule has 2 nitrogen and oxygen atoms in total. The molecule has 2 N–H and O–H groups in total. The van der Waals surface area contributed by atoms with Crippen molar-refractivity contribution in [3.05, 3.63) is 25.3 Å². The van der Waals surface area contributed by atoms with Gasteiger partial charge in [0.1, 0.15) is 0 Å². The van der Waals surface area contributed by atoms with E-state index in [-0.39, 0.29) is 0 Å². The first kappa shape index (κ1) is 8.40. The van der Waals surface area contributed by atoms with Gasteiger partial charge in [0.25, 0.3) is 0 Å². The van der Waals surface area contributed by atoms with Crippen LogP contribution in [-0.2, 0) is 0 Å². The van der Waals surface area contributed by atoms with E-state index in [0.717, 1.165) is 0 Å². The van der Waals surface area contributed by atoms with Crippen LogP contribution in [0.1, 0.15) is 6.42 Å². The monoisotopic (exact) mass is 128 g/mol. The van der Waals surface area contributed by atoms with Crippen molar-refractivity contribution in [1.82, 2.24) is 0 Å². The normalized spacial score (nSPS) is 16.2. The maximum absolute atomic E-state index is 8.93. The van der Waals surface area contributed by atoms with E-state index in [1.165, 1.54) is 6.08 Å². The molecule has 0 radical (unpaired) electrons. The summed E-state index contributed by atoms with van der Waals surface area (Å²) in [6, 6.07) is 0. The zero-order valence-electron chi connectivity index (χ0n) is 5.33. The molecule has 0 unspecified atom stereocenters. The summed E-state index contributed by atoms with van der Waals surface area (Å²) in [5.41, 5.74) is 0. The summed E-state index contributed by atoms with van der Waals surface area (Å²) in [5, 5.41) is 17.8. The largest absolute Gasteiger partial charge is 0.390 e. The fraction of sp³-hybridized carbons (Fsp3) is 0.429. The van der Waals surface area contributed by atoms with Crippen molar-refractivity contribution in [3.8, 4) is 0 Å². The van der Waals surface area contributed by atoms with Crippen molar-refractivity contribution in [2.75, 3.05) is 0 Å². The van der Waals surface area contributed by atoms with Crippen LogP contribution in [0.4, 0.5) is 0 Å². The average molecular weight is 128 g/mol. The molecular formula is C7H12O2. The molecule has 2 atom stereocenters. The van der Waals surface area contributed by atoms with Crippen molar-refractivity contribution in [2.45, 2.75) is 18.6 Å². The molecule has 0 amide bonds. The number of aliphatic hydroxyl groups is 2. The van der Waals surface area contributed by atoms with Crippen molar-refractivity contribution >= 4 is 0 Å².